The molecule has 0 amide bonds. The summed E-state index contributed by atoms with van der Waals surface area (Å²) < 4.78 is 3.14. The fourth-order valence-electron chi connectivity index (χ4n) is 2.91. The molecular formula is C23H21N9O4S. The Labute approximate surface area is 215 Å². The fraction of sp³-hybridized carbons (Fsp3) is 0.174. The number of carboxylic acids is 2. The summed E-state index contributed by atoms with van der Waals surface area (Å²) in [6.07, 6.45) is 0. The Bertz CT molecular complexity index is 1380. The van der Waals surface area contributed by atoms with Crippen LogP contribution in [0.5, 0.6) is 0 Å². The molecule has 0 aliphatic carbocycles. The number of carboxylic acid groups (broad SMARTS) is 2. The van der Waals surface area contributed by atoms with Gasteiger partial charge in [-0.05, 0) is 48.3 Å². The lowest BCUT2D eigenvalue weighted by Gasteiger charge is -2.15. The largest absolute Gasteiger partial charge is 0.478 e. The molecule has 14 heteroatoms. The maximum Gasteiger partial charge on any atom is 0.335 e. The summed E-state index contributed by atoms with van der Waals surface area (Å²) in [5.41, 5.74) is 0.415. The van der Waals surface area contributed by atoms with Crippen molar-refractivity contribution in [1.29, 1.82) is 10.5 Å². The predicted octanol–water partition coefficient (Wildman–Crippen LogP) is 2.53. The Morgan fingerprint density at radius 2 is 1.57 bits per heavy atom. The van der Waals surface area contributed by atoms with Gasteiger partial charge in [0.15, 0.2) is 0 Å². The van der Waals surface area contributed by atoms with Crippen molar-refractivity contribution >= 4 is 47.4 Å². The predicted molar refractivity (Wildman–Crippen MR) is 136 cm³/mol. The van der Waals surface area contributed by atoms with Gasteiger partial charge < -0.3 is 25.7 Å². The van der Waals surface area contributed by atoms with Crippen LogP contribution in [0.4, 0.5) is 23.5 Å². The number of carbonyl (C=O) groups is 2. The van der Waals surface area contributed by atoms with Gasteiger partial charge in [-0.2, -0.15) is 25.5 Å². The summed E-state index contributed by atoms with van der Waals surface area (Å²) in [6, 6.07) is 12.6. The molecule has 5 N–H and O–H groups in total. The Morgan fingerprint density at radius 3 is 2.16 bits per heavy atom. The van der Waals surface area contributed by atoms with Crippen molar-refractivity contribution in [3.8, 4) is 12.1 Å². The van der Waals surface area contributed by atoms with Crippen LogP contribution in [0, 0.1) is 22.7 Å². The second-order valence-corrected chi connectivity index (χ2v) is 8.53. The molecule has 0 bridgehead atoms. The summed E-state index contributed by atoms with van der Waals surface area (Å²) in [6.45, 7) is 0.906. The number of anilines is 4. The fourth-order valence-corrected chi connectivity index (χ4v) is 3.60. The number of benzene rings is 2. The van der Waals surface area contributed by atoms with Crippen LogP contribution in [0.2, 0.25) is 0 Å². The van der Waals surface area contributed by atoms with Crippen molar-refractivity contribution in [3.05, 3.63) is 58.7 Å². The van der Waals surface area contributed by atoms with E-state index < -0.39 is 11.9 Å². The highest BCUT2D eigenvalue weighted by atomic mass is 32.2. The maximum absolute atomic E-state index is 11.4. The van der Waals surface area contributed by atoms with E-state index in [2.05, 4.69) is 30.3 Å². The Kier molecular flexibility index (Phi) is 8.77. The van der Waals surface area contributed by atoms with Crippen LogP contribution in [0.3, 0.4) is 0 Å². The molecular weight excluding hydrogens is 498 g/mol. The van der Waals surface area contributed by atoms with Crippen LogP contribution in [0.1, 0.15) is 31.8 Å². The van der Waals surface area contributed by atoms with Crippen molar-refractivity contribution in [2.75, 3.05) is 42.7 Å². The van der Waals surface area contributed by atoms with Gasteiger partial charge in [-0.3, -0.25) is 4.72 Å². The number of nitrogens with one attached hydrogen (secondary N) is 3. The van der Waals surface area contributed by atoms with Gasteiger partial charge in [0.25, 0.3) is 0 Å². The zero-order chi connectivity index (χ0) is 26.9. The zero-order valence-corrected chi connectivity index (χ0v) is 20.5. The molecule has 0 fully saturated rings. The molecule has 0 aliphatic rings. The first-order chi connectivity index (χ1) is 17.7. The first kappa shape index (κ1) is 26.7. The molecule has 0 spiro atoms. The van der Waals surface area contributed by atoms with Gasteiger partial charge >= 0.3 is 11.9 Å². The normalized spacial score (nSPS) is 10.2. The molecule has 2 aromatic carbocycles. The minimum absolute atomic E-state index is 0.0871. The second-order valence-electron chi connectivity index (χ2n) is 7.57. The molecule has 3 aromatic rings. The van der Waals surface area contributed by atoms with Gasteiger partial charge in [-0.15, -0.1) is 0 Å². The molecule has 1 heterocycles. The minimum Gasteiger partial charge on any atom is -0.478 e. The minimum atomic E-state index is -1.27. The highest BCUT2D eigenvalue weighted by Gasteiger charge is 2.14. The number of rotatable bonds is 11. The third-order valence-electron chi connectivity index (χ3n) is 4.64. The van der Waals surface area contributed by atoms with Crippen molar-refractivity contribution in [2.24, 2.45) is 0 Å². The molecule has 0 unspecified atom stereocenters. The van der Waals surface area contributed by atoms with Crippen LogP contribution in [-0.4, -0.2) is 64.3 Å². The van der Waals surface area contributed by atoms with Gasteiger partial charge in [-0.1, -0.05) is 0 Å². The molecule has 3 rings (SSSR count). The zero-order valence-electron chi connectivity index (χ0n) is 19.7. The van der Waals surface area contributed by atoms with Crippen LogP contribution >= 0.6 is 11.9 Å². The highest BCUT2D eigenvalue weighted by molar-refractivity contribution is 7.97. The molecule has 0 saturated heterocycles. The summed E-state index contributed by atoms with van der Waals surface area (Å²) >= 11 is 1.30. The summed E-state index contributed by atoms with van der Waals surface area (Å²) in [7, 11) is 3.48. The Morgan fingerprint density at radius 1 is 0.919 bits per heavy atom. The number of nitriles is 2. The Hall–Kier alpha value is -4.92. The van der Waals surface area contributed by atoms with Gasteiger partial charge in [0, 0.05) is 37.8 Å². The van der Waals surface area contributed by atoms with E-state index in [1.54, 1.807) is 37.2 Å². The monoisotopic (exact) mass is 519 g/mol. The van der Waals surface area contributed by atoms with Crippen molar-refractivity contribution < 1.29 is 19.8 Å². The number of hydrogen-bond donors (Lipinski definition) is 5. The topological polar surface area (TPSA) is 200 Å². The van der Waals surface area contributed by atoms with Crippen molar-refractivity contribution in [2.45, 2.75) is 4.90 Å². The van der Waals surface area contributed by atoms with Crippen LogP contribution in [-0.2, 0) is 0 Å². The molecule has 0 atom stereocenters. The quantitative estimate of drug-likeness (QED) is 0.183. The van der Waals surface area contributed by atoms with Crippen LogP contribution in [0.15, 0.2) is 41.3 Å². The molecule has 0 saturated carbocycles. The SMILES string of the molecule is CN(C)c1nc(NCCNSc2ccc(C#N)c(C#N)c2)nc(Nc2cc(C(=O)O)cc(C(=O)O)c2)n1. The number of aromatic nitrogens is 3. The highest BCUT2D eigenvalue weighted by Crippen LogP contribution is 2.21. The third kappa shape index (κ3) is 7.28. The molecule has 37 heavy (non-hydrogen) atoms. The molecule has 13 nitrogen and oxygen atoms in total. The molecule has 0 radical (unpaired) electrons. The smallest absolute Gasteiger partial charge is 0.335 e. The lowest BCUT2D eigenvalue weighted by Crippen LogP contribution is -2.20. The van der Waals surface area contributed by atoms with Crippen LogP contribution in [0.25, 0.3) is 0 Å². The van der Waals surface area contributed by atoms with E-state index in [-0.39, 0.29) is 28.7 Å². The lowest BCUT2D eigenvalue weighted by molar-refractivity contribution is 0.0696. The molecule has 1 aromatic heterocycles. The first-order valence-corrected chi connectivity index (χ1v) is 11.4. The van der Waals surface area contributed by atoms with E-state index in [9.17, 15) is 19.8 Å². The lowest BCUT2D eigenvalue weighted by atomic mass is 10.1. The van der Waals surface area contributed by atoms with Crippen molar-refractivity contribution in [3.63, 3.8) is 0 Å². The molecule has 0 aliphatic heterocycles. The summed E-state index contributed by atoms with van der Waals surface area (Å²) in [5.74, 6) is -1.89. The van der Waals surface area contributed by atoms with E-state index in [0.29, 0.717) is 30.2 Å². The van der Waals surface area contributed by atoms with E-state index >= 15 is 0 Å². The summed E-state index contributed by atoms with van der Waals surface area (Å²) in [5, 5.41) is 42.7. The third-order valence-corrected chi connectivity index (χ3v) is 5.48. The second kappa shape index (κ2) is 12.2. The standard InChI is InChI=1S/C23H21N9O4S/c1-32(2)23-30-21(26-5-6-27-37-18-4-3-13(11-24)16(10-18)12-25)29-22(31-23)28-17-8-14(19(33)34)7-15(9-17)20(35)36/h3-4,7-10,27H,5-6H2,1-2H3,(H,33,34)(H,35,36)(H2,26,28,29,30,31). The molecule has 188 valence electrons. The number of aromatic carboxylic acids is 2. The van der Waals surface area contributed by atoms with Gasteiger partial charge in [0.2, 0.25) is 17.8 Å². The maximum atomic E-state index is 11.4. The average Bonchev–Trinajstić information content (AvgIpc) is 2.87. The number of hydrogen-bond acceptors (Lipinski definition) is 12. The van der Waals surface area contributed by atoms with Crippen LogP contribution < -0.4 is 20.3 Å². The van der Waals surface area contributed by atoms with Gasteiger partial charge in [0.05, 0.1) is 22.3 Å². The van der Waals surface area contributed by atoms with Gasteiger partial charge in [-0.25, -0.2) is 9.59 Å². The van der Waals surface area contributed by atoms with E-state index in [1.807, 2.05) is 12.1 Å². The summed E-state index contributed by atoms with van der Waals surface area (Å²) in [4.78, 5) is 38.1. The average molecular weight is 520 g/mol. The Balaban J connectivity index is 1.68. The first-order valence-electron chi connectivity index (χ1n) is 10.6. The number of nitrogens with zero attached hydrogens (tertiary/aromatic N) is 6. The van der Waals surface area contributed by atoms with E-state index in [1.165, 1.54) is 24.1 Å². The van der Waals surface area contributed by atoms with Crippen molar-refractivity contribution in [1.82, 2.24) is 19.7 Å². The van der Waals surface area contributed by atoms with Gasteiger partial charge in [0.1, 0.15) is 12.1 Å². The van der Waals surface area contributed by atoms with E-state index in [0.717, 1.165) is 11.0 Å². The van der Waals surface area contributed by atoms with E-state index in [4.69, 9.17) is 10.5 Å².